The molecular formula is C41H29Cl3F6N8O4S. The molecule has 63 heavy (non-hydrogen) atoms. The second-order valence-corrected chi connectivity index (χ2v) is 18.4. The fourth-order valence-corrected chi connectivity index (χ4v) is 9.72. The second-order valence-electron chi connectivity index (χ2n) is 15.4. The van der Waals surface area contributed by atoms with Gasteiger partial charge in [-0.1, -0.05) is 46.9 Å². The molecule has 1 amide bonds. The third-order valence-electron chi connectivity index (χ3n) is 11.0. The van der Waals surface area contributed by atoms with E-state index in [9.17, 15) is 30.8 Å². The molecule has 2 aliphatic carbocycles. The lowest BCUT2D eigenvalue weighted by Crippen LogP contribution is -2.38. The van der Waals surface area contributed by atoms with Crippen LogP contribution in [0.5, 0.6) is 0 Å². The molecule has 0 spiro atoms. The van der Waals surface area contributed by atoms with E-state index in [1.807, 2.05) is 0 Å². The SMILES string of the molecule is Cn1nc(NS(C)(=O)=O)c2c(Cl)ccc(-n3c([C@H](Cc4cc(F)cc(F)c4)NC(=O)Cn4nc(C(F)F)c5c4C(F)(F)C4CC54)nc4cc(-c5ccc(Cl)cc5Cl)ccc4c3=O)c21. The lowest BCUT2D eigenvalue weighted by Gasteiger charge is -2.24. The summed E-state index contributed by atoms with van der Waals surface area (Å²) < 4.78 is 119. The molecule has 2 aliphatic rings. The normalized spacial score (nSPS) is 17.0. The maximum absolute atomic E-state index is 15.5. The second kappa shape index (κ2) is 15.3. The summed E-state index contributed by atoms with van der Waals surface area (Å²) >= 11 is 19.3. The molecule has 2 unspecified atom stereocenters. The van der Waals surface area contributed by atoms with E-state index in [1.54, 1.807) is 18.2 Å². The lowest BCUT2D eigenvalue weighted by atomic mass is 10.0. The maximum atomic E-state index is 15.5. The molecule has 9 rings (SSSR count). The Kier molecular flexibility index (Phi) is 10.3. The first kappa shape index (κ1) is 42.7. The predicted molar refractivity (Wildman–Crippen MR) is 223 cm³/mol. The summed E-state index contributed by atoms with van der Waals surface area (Å²) in [4.78, 5) is 34.1. The highest BCUT2D eigenvalue weighted by Crippen LogP contribution is 2.68. The number of alkyl halides is 4. The monoisotopic (exact) mass is 948 g/mol. The zero-order valence-electron chi connectivity index (χ0n) is 32.4. The van der Waals surface area contributed by atoms with E-state index in [1.165, 1.54) is 42.1 Å². The first-order chi connectivity index (χ1) is 29.7. The number of rotatable bonds is 11. The molecule has 0 radical (unpaired) electrons. The van der Waals surface area contributed by atoms with Crippen molar-refractivity contribution in [1.29, 1.82) is 0 Å². The van der Waals surface area contributed by atoms with Crippen molar-refractivity contribution in [2.45, 2.75) is 43.7 Å². The number of nitrogens with zero attached hydrogens (tertiary/aromatic N) is 6. The number of aryl methyl sites for hydroxylation is 1. The van der Waals surface area contributed by atoms with Gasteiger partial charge in [-0.2, -0.15) is 19.0 Å². The number of carbonyl (C=O) groups excluding carboxylic acids is 1. The van der Waals surface area contributed by atoms with Gasteiger partial charge < -0.3 is 5.32 Å². The van der Waals surface area contributed by atoms with Crippen LogP contribution < -0.4 is 15.6 Å². The van der Waals surface area contributed by atoms with Crippen LogP contribution in [0.15, 0.2) is 71.5 Å². The van der Waals surface area contributed by atoms with Crippen molar-refractivity contribution >= 4 is 78.4 Å². The van der Waals surface area contributed by atoms with Crippen LogP contribution in [0.4, 0.5) is 32.2 Å². The molecule has 0 aliphatic heterocycles. The summed E-state index contributed by atoms with van der Waals surface area (Å²) in [6.45, 7) is -0.997. The predicted octanol–water partition coefficient (Wildman–Crippen LogP) is 8.99. The molecule has 7 aromatic rings. The van der Waals surface area contributed by atoms with E-state index in [0.717, 1.165) is 23.0 Å². The highest BCUT2D eigenvalue weighted by atomic mass is 35.5. The quantitative estimate of drug-likeness (QED) is 0.123. The molecule has 326 valence electrons. The van der Waals surface area contributed by atoms with Crippen LogP contribution in [0.1, 0.15) is 53.1 Å². The Labute approximate surface area is 367 Å². The Balaban J connectivity index is 1.26. The molecule has 0 bridgehead atoms. The fourth-order valence-electron chi connectivity index (χ4n) is 8.47. The van der Waals surface area contributed by atoms with Crippen molar-refractivity contribution in [3.05, 3.63) is 132 Å². The van der Waals surface area contributed by atoms with Gasteiger partial charge in [-0.25, -0.2) is 31.0 Å². The third-order valence-corrected chi connectivity index (χ3v) is 12.5. The van der Waals surface area contributed by atoms with Crippen LogP contribution in [0.2, 0.25) is 15.1 Å². The minimum Gasteiger partial charge on any atom is -0.344 e. The number of hydrogen-bond donors (Lipinski definition) is 2. The van der Waals surface area contributed by atoms with Gasteiger partial charge in [0, 0.05) is 46.6 Å². The van der Waals surface area contributed by atoms with E-state index < -0.39 is 87.7 Å². The number of halogens is 9. The Hall–Kier alpha value is -5.63. The summed E-state index contributed by atoms with van der Waals surface area (Å²) in [5.74, 6) is -9.13. The number of nitrogens with one attached hydrogen (secondary N) is 2. The maximum Gasteiger partial charge on any atom is 0.293 e. The van der Waals surface area contributed by atoms with Crippen molar-refractivity contribution < 1.29 is 39.6 Å². The number of fused-ring (bicyclic) bond motifs is 5. The van der Waals surface area contributed by atoms with Crippen LogP contribution in [-0.4, -0.2) is 49.7 Å². The molecule has 1 saturated carbocycles. The van der Waals surface area contributed by atoms with Crippen molar-refractivity contribution in [3.63, 3.8) is 0 Å². The number of aromatic nitrogens is 6. The van der Waals surface area contributed by atoms with Crippen LogP contribution in [0.25, 0.3) is 38.6 Å². The van der Waals surface area contributed by atoms with Gasteiger partial charge in [-0.05, 0) is 72.0 Å². The lowest BCUT2D eigenvalue weighted by molar-refractivity contribution is -0.123. The van der Waals surface area contributed by atoms with E-state index in [-0.39, 0.29) is 66.7 Å². The van der Waals surface area contributed by atoms with E-state index in [4.69, 9.17) is 39.8 Å². The van der Waals surface area contributed by atoms with Crippen LogP contribution in [-0.2, 0) is 40.8 Å². The van der Waals surface area contributed by atoms with Crippen molar-refractivity contribution in [2.24, 2.45) is 13.0 Å². The standard InChI is InChI=1S/C41H29Cl3F6N8O4S/c1-56-35-30(8-7-26(43)33(35)38(54-56)55-63(2,61)62)58-39(52-28-12-18(3-5-23(28)40(58)60)22-6-4-19(42)13-27(22)44)29(11-17-9-20(45)14-21(46)10-17)51-31(59)16-57-36-32(34(53-57)37(47)48)24-15-25(24)41(36,49)50/h3-10,12-14,24-25,29,37H,11,15-16H2,1-2H3,(H,51,59)(H,54,55)/t24?,25?,29-/m0/s1. The van der Waals surface area contributed by atoms with Gasteiger partial charge in [0.05, 0.1) is 44.8 Å². The van der Waals surface area contributed by atoms with Crippen LogP contribution in [0.3, 0.4) is 0 Å². The summed E-state index contributed by atoms with van der Waals surface area (Å²) in [5, 5.41) is 11.4. The van der Waals surface area contributed by atoms with Crippen molar-refractivity contribution in [2.75, 3.05) is 11.0 Å². The summed E-state index contributed by atoms with van der Waals surface area (Å²) in [6, 6.07) is 13.1. The zero-order chi connectivity index (χ0) is 45.0. The smallest absolute Gasteiger partial charge is 0.293 e. The molecule has 1 fully saturated rings. The zero-order valence-corrected chi connectivity index (χ0v) is 35.5. The average molecular weight is 950 g/mol. The molecule has 3 heterocycles. The first-order valence-corrected chi connectivity index (χ1v) is 21.9. The Bertz CT molecular complexity index is 3250. The van der Waals surface area contributed by atoms with Gasteiger partial charge in [0.2, 0.25) is 15.9 Å². The molecule has 4 aromatic carbocycles. The van der Waals surface area contributed by atoms with E-state index in [0.29, 0.717) is 26.9 Å². The molecule has 2 N–H and O–H groups in total. The number of amides is 1. The number of carbonyl (C=O) groups is 1. The van der Waals surface area contributed by atoms with Gasteiger partial charge in [0.1, 0.15) is 35.4 Å². The number of anilines is 1. The Morgan fingerprint density at radius 1 is 0.968 bits per heavy atom. The first-order valence-electron chi connectivity index (χ1n) is 18.9. The Morgan fingerprint density at radius 2 is 1.70 bits per heavy atom. The van der Waals surface area contributed by atoms with E-state index >= 15 is 13.6 Å². The number of hydrogen-bond acceptors (Lipinski definition) is 7. The summed E-state index contributed by atoms with van der Waals surface area (Å²) in [5.41, 5.74) is -1.65. The van der Waals surface area contributed by atoms with Gasteiger partial charge in [0.25, 0.3) is 17.9 Å². The fraction of sp³-hybridized carbons (Fsp3) is 0.244. The van der Waals surface area contributed by atoms with Gasteiger partial charge in [-0.3, -0.25) is 28.2 Å². The minimum atomic E-state index is -3.92. The van der Waals surface area contributed by atoms with Crippen molar-refractivity contribution in [1.82, 2.24) is 34.4 Å². The highest BCUT2D eigenvalue weighted by Gasteiger charge is 2.67. The average Bonchev–Trinajstić information content (AvgIpc) is 3.72. The number of benzene rings is 4. The van der Waals surface area contributed by atoms with Crippen LogP contribution >= 0.6 is 34.8 Å². The van der Waals surface area contributed by atoms with Gasteiger partial charge in [0.15, 0.2) is 5.82 Å². The summed E-state index contributed by atoms with van der Waals surface area (Å²) in [7, 11) is -2.48. The molecule has 12 nitrogen and oxygen atoms in total. The molecule has 0 saturated heterocycles. The van der Waals surface area contributed by atoms with Crippen molar-refractivity contribution in [3.8, 4) is 16.8 Å². The molecular weight excluding hydrogens is 921 g/mol. The number of sulfonamides is 1. The molecule has 3 aromatic heterocycles. The largest absolute Gasteiger partial charge is 0.344 e. The van der Waals surface area contributed by atoms with Crippen LogP contribution in [0, 0.1) is 17.6 Å². The van der Waals surface area contributed by atoms with Gasteiger partial charge >= 0.3 is 0 Å². The summed E-state index contributed by atoms with van der Waals surface area (Å²) in [6.07, 6.45) is -2.81. The van der Waals surface area contributed by atoms with Gasteiger partial charge in [-0.15, -0.1) is 0 Å². The minimum absolute atomic E-state index is 0.000170. The molecule has 3 atom stereocenters. The third kappa shape index (κ3) is 7.57. The van der Waals surface area contributed by atoms with E-state index in [2.05, 4.69) is 20.2 Å². The highest BCUT2D eigenvalue weighted by molar-refractivity contribution is 7.92. The topological polar surface area (TPSA) is 146 Å². The molecule has 22 heteroatoms. The Morgan fingerprint density at radius 3 is 2.38 bits per heavy atom.